The Hall–Kier alpha value is -1.75. The Morgan fingerprint density at radius 3 is 2.63 bits per heavy atom. The van der Waals surface area contributed by atoms with Gasteiger partial charge < -0.3 is 20.3 Å². The second kappa shape index (κ2) is 5.48. The number of nitrogens with two attached hydrogens (primary N) is 1. The standard InChI is InChI=1S/C14H19NO4/c1-18-11-4-3-10(13(16)17)7-12(11)19-9-14(8-15)5-2-6-14/h3-4,7H,2,5-6,8-9,15H2,1H3,(H,16,17). The van der Waals surface area contributed by atoms with Crippen LogP contribution in [0.5, 0.6) is 11.5 Å². The van der Waals surface area contributed by atoms with Crippen LogP contribution in [0.25, 0.3) is 0 Å². The molecule has 1 aliphatic rings. The molecule has 0 heterocycles. The first-order chi connectivity index (χ1) is 9.10. The molecule has 0 amide bonds. The van der Waals surface area contributed by atoms with Crippen LogP contribution in [0.2, 0.25) is 0 Å². The minimum Gasteiger partial charge on any atom is -0.493 e. The maximum atomic E-state index is 11.0. The van der Waals surface area contributed by atoms with Gasteiger partial charge in [0.25, 0.3) is 0 Å². The van der Waals surface area contributed by atoms with E-state index in [1.807, 2.05) is 0 Å². The number of ether oxygens (including phenoxy) is 2. The predicted octanol–water partition coefficient (Wildman–Crippen LogP) is 1.90. The molecular weight excluding hydrogens is 246 g/mol. The van der Waals surface area contributed by atoms with Crippen molar-refractivity contribution in [2.24, 2.45) is 11.1 Å². The van der Waals surface area contributed by atoms with Crippen LogP contribution < -0.4 is 15.2 Å². The molecular formula is C14H19NO4. The van der Waals surface area contributed by atoms with Crippen molar-refractivity contribution >= 4 is 5.97 Å². The monoisotopic (exact) mass is 265 g/mol. The molecule has 104 valence electrons. The lowest BCUT2D eigenvalue weighted by atomic mass is 9.69. The van der Waals surface area contributed by atoms with Crippen molar-refractivity contribution in [3.8, 4) is 11.5 Å². The molecule has 19 heavy (non-hydrogen) atoms. The van der Waals surface area contributed by atoms with E-state index in [2.05, 4.69) is 0 Å². The minimum atomic E-state index is -0.982. The van der Waals surface area contributed by atoms with E-state index in [0.29, 0.717) is 24.7 Å². The van der Waals surface area contributed by atoms with E-state index in [0.717, 1.165) is 12.8 Å². The molecule has 0 atom stereocenters. The molecule has 0 spiro atoms. The van der Waals surface area contributed by atoms with Crippen molar-refractivity contribution in [3.63, 3.8) is 0 Å². The van der Waals surface area contributed by atoms with Crippen LogP contribution in [0, 0.1) is 5.41 Å². The molecule has 1 aromatic carbocycles. The highest BCUT2D eigenvalue weighted by Gasteiger charge is 2.36. The summed E-state index contributed by atoms with van der Waals surface area (Å²) < 4.78 is 10.9. The van der Waals surface area contributed by atoms with Crippen LogP contribution in [-0.4, -0.2) is 31.3 Å². The minimum absolute atomic E-state index is 0.0459. The number of rotatable bonds is 6. The molecule has 1 aliphatic carbocycles. The predicted molar refractivity (Wildman–Crippen MR) is 70.8 cm³/mol. The fourth-order valence-corrected chi connectivity index (χ4v) is 2.24. The van der Waals surface area contributed by atoms with Gasteiger partial charge in [0.05, 0.1) is 19.3 Å². The molecule has 5 nitrogen and oxygen atoms in total. The first kappa shape index (κ1) is 13.7. The highest BCUT2D eigenvalue weighted by molar-refractivity contribution is 5.88. The normalized spacial score (nSPS) is 16.5. The van der Waals surface area contributed by atoms with Gasteiger partial charge >= 0.3 is 5.97 Å². The van der Waals surface area contributed by atoms with Gasteiger partial charge in [0, 0.05) is 12.0 Å². The molecule has 0 bridgehead atoms. The number of carboxylic acid groups (broad SMARTS) is 1. The van der Waals surface area contributed by atoms with E-state index in [4.69, 9.17) is 20.3 Å². The first-order valence-electron chi connectivity index (χ1n) is 6.34. The quantitative estimate of drug-likeness (QED) is 0.821. The van der Waals surface area contributed by atoms with E-state index in [9.17, 15) is 4.79 Å². The van der Waals surface area contributed by atoms with Crippen molar-refractivity contribution in [1.29, 1.82) is 0 Å². The number of methoxy groups -OCH3 is 1. The maximum Gasteiger partial charge on any atom is 0.335 e. The molecule has 0 unspecified atom stereocenters. The van der Waals surface area contributed by atoms with Crippen molar-refractivity contribution in [2.45, 2.75) is 19.3 Å². The fraction of sp³-hybridized carbons (Fsp3) is 0.500. The number of carbonyl (C=O) groups is 1. The summed E-state index contributed by atoms with van der Waals surface area (Å²) in [7, 11) is 1.53. The summed E-state index contributed by atoms with van der Waals surface area (Å²) >= 11 is 0. The van der Waals surface area contributed by atoms with Gasteiger partial charge in [-0.3, -0.25) is 0 Å². The highest BCUT2D eigenvalue weighted by Crippen LogP contribution is 2.41. The Morgan fingerprint density at radius 1 is 1.42 bits per heavy atom. The maximum absolute atomic E-state index is 11.0. The van der Waals surface area contributed by atoms with Gasteiger partial charge in [0.2, 0.25) is 0 Å². The largest absolute Gasteiger partial charge is 0.493 e. The Morgan fingerprint density at radius 2 is 2.16 bits per heavy atom. The average molecular weight is 265 g/mol. The third kappa shape index (κ3) is 2.81. The fourth-order valence-electron chi connectivity index (χ4n) is 2.24. The van der Waals surface area contributed by atoms with E-state index in [1.165, 1.54) is 25.7 Å². The van der Waals surface area contributed by atoms with Gasteiger partial charge in [-0.05, 0) is 31.0 Å². The number of benzene rings is 1. The van der Waals surface area contributed by atoms with E-state index >= 15 is 0 Å². The molecule has 0 saturated heterocycles. The number of hydrogen-bond acceptors (Lipinski definition) is 4. The van der Waals surface area contributed by atoms with Crippen LogP contribution in [0.3, 0.4) is 0 Å². The highest BCUT2D eigenvalue weighted by atomic mass is 16.5. The van der Waals surface area contributed by atoms with Gasteiger partial charge in [-0.1, -0.05) is 6.42 Å². The Kier molecular flexibility index (Phi) is 3.95. The van der Waals surface area contributed by atoms with E-state index < -0.39 is 5.97 Å². The molecule has 1 saturated carbocycles. The van der Waals surface area contributed by atoms with Crippen LogP contribution in [-0.2, 0) is 0 Å². The van der Waals surface area contributed by atoms with Crippen LogP contribution >= 0.6 is 0 Å². The molecule has 0 aromatic heterocycles. The lowest BCUT2D eigenvalue weighted by Crippen LogP contribution is -2.42. The second-order valence-electron chi connectivity index (χ2n) is 5.02. The van der Waals surface area contributed by atoms with Gasteiger partial charge in [0.1, 0.15) is 0 Å². The average Bonchev–Trinajstić information content (AvgIpc) is 2.37. The molecule has 2 rings (SSSR count). The van der Waals surface area contributed by atoms with Crippen LogP contribution in [0.1, 0.15) is 29.6 Å². The second-order valence-corrected chi connectivity index (χ2v) is 5.02. The lowest BCUT2D eigenvalue weighted by molar-refractivity contribution is 0.0645. The smallest absolute Gasteiger partial charge is 0.335 e. The molecule has 0 aliphatic heterocycles. The number of hydrogen-bond donors (Lipinski definition) is 2. The van der Waals surface area contributed by atoms with Crippen molar-refractivity contribution < 1.29 is 19.4 Å². The van der Waals surface area contributed by atoms with Crippen molar-refractivity contribution in [1.82, 2.24) is 0 Å². The Bertz CT molecular complexity index is 463. The molecule has 1 fully saturated rings. The third-order valence-electron chi connectivity index (χ3n) is 3.79. The molecule has 5 heteroatoms. The van der Waals surface area contributed by atoms with Gasteiger partial charge in [-0.15, -0.1) is 0 Å². The zero-order valence-electron chi connectivity index (χ0n) is 11.0. The zero-order valence-corrected chi connectivity index (χ0v) is 11.0. The third-order valence-corrected chi connectivity index (χ3v) is 3.79. The summed E-state index contributed by atoms with van der Waals surface area (Å²) in [5, 5.41) is 8.99. The first-order valence-corrected chi connectivity index (χ1v) is 6.34. The molecule has 3 N–H and O–H groups in total. The van der Waals surface area contributed by atoms with E-state index in [-0.39, 0.29) is 11.0 Å². The Labute approximate surface area is 112 Å². The topological polar surface area (TPSA) is 81.8 Å². The Balaban J connectivity index is 2.13. The summed E-state index contributed by atoms with van der Waals surface area (Å²) in [5.41, 5.74) is 6.01. The lowest BCUT2D eigenvalue weighted by Gasteiger charge is -2.40. The van der Waals surface area contributed by atoms with Crippen molar-refractivity contribution in [3.05, 3.63) is 23.8 Å². The SMILES string of the molecule is COc1ccc(C(=O)O)cc1OCC1(CN)CCC1. The molecule has 1 aromatic rings. The summed E-state index contributed by atoms with van der Waals surface area (Å²) in [5.74, 6) is 0.0169. The van der Waals surface area contributed by atoms with Gasteiger partial charge in [-0.2, -0.15) is 0 Å². The van der Waals surface area contributed by atoms with Gasteiger partial charge in [0.15, 0.2) is 11.5 Å². The van der Waals surface area contributed by atoms with Crippen LogP contribution in [0.15, 0.2) is 18.2 Å². The van der Waals surface area contributed by atoms with E-state index in [1.54, 1.807) is 6.07 Å². The summed E-state index contributed by atoms with van der Waals surface area (Å²) in [4.78, 5) is 11.0. The number of aromatic carboxylic acids is 1. The molecule has 0 radical (unpaired) electrons. The summed E-state index contributed by atoms with van der Waals surface area (Å²) in [6.45, 7) is 1.09. The summed E-state index contributed by atoms with van der Waals surface area (Å²) in [6.07, 6.45) is 3.29. The van der Waals surface area contributed by atoms with Crippen LogP contribution in [0.4, 0.5) is 0 Å². The van der Waals surface area contributed by atoms with Gasteiger partial charge in [-0.25, -0.2) is 4.79 Å². The van der Waals surface area contributed by atoms with Crippen molar-refractivity contribution in [2.75, 3.05) is 20.3 Å². The summed E-state index contributed by atoms with van der Waals surface area (Å²) in [6, 6.07) is 4.59. The zero-order chi connectivity index (χ0) is 13.9. The number of carboxylic acids is 1.